The van der Waals surface area contributed by atoms with Crippen LogP contribution in [0.4, 0.5) is 11.4 Å². The highest BCUT2D eigenvalue weighted by Gasteiger charge is 2.34. The third-order valence-corrected chi connectivity index (χ3v) is 6.05. The van der Waals surface area contributed by atoms with E-state index in [9.17, 15) is 24.8 Å². The molecule has 3 rings (SSSR count). The van der Waals surface area contributed by atoms with Gasteiger partial charge in [0.1, 0.15) is 5.69 Å². The minimum Gasteiger partial charge on any atom is -0.481 e. The van der Waals surface area contributed by atoms with Crippen LogP contribution >= 0.6 is 0 Å². The van der Waals surface area contributed by atoms with Crippen LogP contribution in [0.1, 0.15) is 43.5 Å². The Balaban J connectivity index is 1.79. The van der Waals surface area contributed by atoms with Crippen molar-refractivity contribution in [1.82, 2.24) is 4.90 Å². The largest absolute Gasteiger partial charge is 0.481 e. The van der Waals surface area contributed by atoms with Gasteiger partial charge in [-0.05, 0) is 43.2 Å². The number of rotatable bonds is 4. The fourth-order valence-electron chi connectivity index (χ4n) is 4.20. The van der Waals surface area contributed by atoms with E-state index in [2.05, 4.69) is 6.92 Å². The molecule has 2 fully saturated rings. The summed E-state index contributed by atoms with van der Waals surface area (Å²) in [5, 5.41) is 20.9. The second kappa shape index (κ2) is 8.16. The monoisotopic (exact) mass is 389 g/mol. The van der Waals surface area contributed by atoms with Gasteiger partial charge in [0.2, 0.25) is 0 Å². The standard InChI is InChI=1S/C20H27N3O5/c1-13-5-8-21(9-6-13)17-4-3-15(11-18(17)23(27)28)19(24)22-10-7-16(20(25)26)14(2)12-22/h3-4,11,13-14,16H,5-10,12H2,1-2H3,(H,25,26). The third-order valence-electron chi connectivity index (χ3n) is 6.05. The molecule has 8 heteroatoms. The van der Waals surface area contributed by atoms with E-state index in [1.807, 2.05) is 11.8 Å². The number of nitrogens with zero attached hydrogens (tertiary/aromatic N) is 3. The maximum absolute atomic E-state index is 12.9. The zero-order valence-corrected chi connectivity index (χ0v) is 16.3. The van der Waals surface area contributed by atoms with Gasteiger partial charge >= 0.3 is 5.97 Å². The predicted octanol–water partition coefficient (Wildman–Crippen LogP) is 3.01. The van der Waals surface area contributed by atoms with Crippen LogP contribution in [0, 0.1) is 27.9 Å². The maximum atomic E-state index is 12.9. The predicted molar refractivity (Wildman–Crippen MR) is 105 cm³/mol. The first-order valence-electron chi connectivity index (χ1n) is 9.83. The molecule has 2 heterocycles. The number of benzene rings is 1. The van der Waals surface area contributed by atoms with Gasteiger partial charge in [-0.2, -0.15) is 0 Å². The molecule has 0 bridgehead atoms. The van der Waals surface area contributed by atoms with Crippen molar-refractivity contribution in [3.63, 3.8) is 0 Å². The summed E-state index contributed by atoms with van der Waals surface area (Å²) in [6.07, 6.45) is 2.39. The Bertz CT molecular complexity index is 773. The highest BCUT2D eigenvalue weighted by atomic mass is 16.6. The number of piperidine rings is 2. The van der Waals surface area contributed by atoms with Crippen LogP contribution in [0.25, 0.3) is 0 Å². The van der Waals surface area contributed by atoms with Crippen molar-refractivity contribution in [2.24, 2.45) is 17.8 Å². The Morgan fingerprint density at radius 2 is 1.82 bits per heavy atom. The molecule has 8 nitrogen and oxygen atoms in total. The summed E-state index contributed by atoms with van der Waals surface area (Å²) in [6, 6.07) is 4.69. The number of amides is 1. The number of anilines is 1. The van der Waals surface area contributed by atoms with Gasteiger partial charge in [0, 0.05) is 37.8 Å². The van der Waals surface area contributed by atoms with E-state index in [0.717, 1.165) is 25.9 Å². The van der Waals surface area contributed by atoms with Gasteiger partial charge in [-0.25, -0.2) is 0 Å². The Kier molecular flexibility index (Phi) is 5.86. The molecule has 1 aromatic rings. The summed E-state index contributed by atoms with van der Waals surface area (Å²) in [5.41, 5.74) is 0.794. The van der Waals surface area contributed by atoms with Crippen molar-refractivity contribution in [1.29, 1.82) is 0 Å². The lowest BCUT2D eigenvalue weighted by Gasteiger charge is -2.35. The van der Waals surface area contributed by atoms with E-state index in [0.29, 0.717) is 31.1 Å². The van der Waals surface area contributed by atoms with Crippen LogP contribution in [0.5, 0.6) is 0 Å². The molecule has 2 atom stereocenters. The molecule has 0 saturated carbocycles. The average molecular weight is 389 g/mol. The molecule has 1 N–H and O–H groups in total. The summed E-state index contributed by atoms with van der Waals surface area (Å²) in [5.74, 6) is -1.11. The molecule has 2 unspecified atom stereocenters. The SMILES string of the molecule is CC1CCN(c2ccc(C(=O)N3CCC(C(=O)O)C(C)C3)cc2[N+](=O)[O-])CC1. The van der Waals surface area contributed by atoms with Crippen LogP contribution in [0.2, 0.25) is 0 Å². The molecule has 2 aliphatic heterocycles. The normalized spacial score (nSPS) is 23.5. The van der Waals surface area contributed by atoms with E-state index >= 15 is 0 Å². The highest BCUT2D eigenvalue weighted by Crippen LogP contribution is 2.33. The number of carboxylic acids is 1. The zero-order valence-electron chi connectivity index (χ0n) is 16.3. The quantitative estimate of drug-likeness (QED) is 0.627. The molecule has 1 aromatic carbocycles. The molecule has 152 valence electrons. The molecular weight excluding hydrogens is 362 g/mol. The Labute approximate surface area is 164 Å². The maximum Gasteiger partial charge on any atom is 0.306 e. The minimum absolute atomic E-state index is 0.0473. The van der Waals surface area contributed by atoms with Crippen molar-refractivity contribution in [2.75, 3.05) is 31.1 Å². The second-order valence-electron chi connectivity index (χ2n) is 8.09. The number of carbonyl (C=O) groups excluding carboxylic acids is 1. The lowest BCUT2D eigenvalue weighted by molar-refractivity contribution is -0.384. The van der Waals surface area contributed by atoms with Gasteiger partial charge < -0.3 is 14.9 Å². The first-order chi connectivity index (χ1) is 13.3. The van der Waals surface area contributed by atoms with Gasteiger partial charge in [0.05, 0.1) is 10.8 Å². The first-order valence-corrected chi connectivity index (χ1v) is 9.83. The number of nitro groups is 1. The lowest BCUT2D eigenvalue weighted by Crippen LogP contribution is -2.45. The fourth-order valence-corrected chi connectivity index (χ4v) is 4.20. The molecule has 1 amide bonds. The summed E-state index contributed by atoms with van der Waals surface area (Å²) < 4.78 is 0. The number of hydrogen-bond acceptors (Lipinski definition) is 5. The molecule has 28 heavy (non-hydrogen) atoms. The van der Waals surface area contributed by atoms with Gasteiger partial charge in [-0.1, -0.05) is 13.8 Å². The third kappa shape index (κ3) is 4.10. The topological polar surface area (TPSA) is 104 Å². The van der Waals surface area contributed by atoms with E-state index in [1.54, 1.807) is 17.0 Å². The lowest BCUT2D eigenvalue weighted by atomic mass is 9.87. The van der Waals surface area contributed by atoms with Crippen molar-refractivity contribution >= 4 is 23.3 Å². The number of aliphatic carboxylic acids is 1. The van der Waals surface area contributed by atoms with Gasteiger partial charge in [-0.15, -0.1) is 0 Å². The van der Waals surface area contributed by atoms with E-state index in [4.69, 9.17) is 0 Å². The van der Waals surface area contributed by atoms with Crippen molar-refractivity contribution in [3.8, 4) is 0 Å². The number of hydrogen-bond donors (Lipinski definition) is 1. The number of nitro benzene ring substituents is 1. The second-order valence-corrected chi connectivity index (χ2v) is 8.09. The molecule has 0 aromatic heterocycles. The van der Waals surface area contributed by atoms with Crippen LogP contribution in [-0.2, 0) is 4.79 Å². The number of carboxylic acid groups (broad SMARTS) is 1. The molecule has 0 spiro atoms. The van der Waals surface area contributed by atoms with Crippen molar-refractivity contribution in [3.05, 3.63) is 33.9 Å². The average Bonchev–Trinajstić information content (AvgIpc) is 2.67. The van der Waals surface area contributed by atoms with Gasteiger partial charge in [0.25, 0.3) is 11.6 Å². The Morgan fingerprint density at radius 1 is 1.14 bits per heavy atom. The summed E-state index contributed by atoms with van der Waals surface area (Å²) >= 11 is 0. The van der Waals surface area contributed by atoms with Gasteiger partial charge in [0.15, 0.2) is 0 Å². The fraction of sp³-hybridized carbons (Fsp3) is 0.600. The molecule has 2 saturated heterocycles. The molecule has 0 aliphatic carbocycles. The van der Waals surface area contributed by atoms with E-state index < -0.39 is 16.8 Å². The zero-order chi connectivity index (χ0) is 20.4. The summed E-state index contributed by atoms with van der Waals surface area (Å²) in [6.45, 7) is 6.24. The molecule has 2 aliphatic rings. The molecular formula is C20H27N3O5. The minimum atomic E-state index is -0.838. The smallest absolute Gasteiger partial charge is 0.306 e. The number of carbonyl (C=O) groups is 2. The first kappa shape index (κ1) is 20.1. The van der Waals surface area contributed by atoms with E-state index in [-0.39, 0.29) is 23.1 Å². The van der Waals surface area contributed by atoms with Crippen molar-refractivity contribution < 1.29 is 19.6 Å². The van der Waals surface area contributed by atoms with Crippen LogP contribution in [-0.4, -0.2) is 53.0 Å². The van der Waals surface area contributed by atoms with E-state index in [1.165, 1.54) is 6.07 Å². The summed E-state index contributed by atoms with van der Waals surface area (Å²) in [7, 11) is 0. The van der Waals surface area contributed by atoms with Crippen molar-refractivity contribution in [2.45, 2.75) is 33.1 Å². The number of likely N-dealkylation sites (tertiary alicyclic amines) is 1. The van der Waals surface area contributed by atoms with Crippen LogP contribution < -0.4 is 4.90 Å². The summed E-state index contributed by atoms with van der Waals surface area (Å²) in [4.78, 5) is 39.0. The van der Waals surface area contributed by atoms with Crippen LogP contribution in [0.3, 0.4) is 0 Å². The van der Waals surface area contributed by atoms with Crippen LogP contribution in [0.15, 0.2) is 18.2 Å². The Morgan fingerprint density at radius 3 is 2.39 bits per heavy atom. The highest BCUT2D eigenvalue weighted by molar-refractivity contribution is 5.96. The Hall–Kier alpha value is -2.64. The van der Waals surface area contributed by atoms with Gasteiger partial charge in [-0.3, -0.25) is 19.7 Å². The molecule has 0 radical (unpaired) electrons.